The smallest absolute Gasteiger partial charge is 0.130 e. The molecule has 2 saturated carbocycles. The average molecular weight is 232 g/mol. The van der Waals surface area contributed by atoms with E-state index in [1.54, 1.807) is 0 Å². The first-order valence-electron chi connectivity index (χ1n) is 7.54. The lowest BCUT2D eigenvalue weighted by Crippen LogP contribution is -2.30. The molecule has 17 heavy (non-hydrogen) atoms. The number of nitrogens with zero attached hydrogens (tertiary/aromatic N) is 2. The maximum absolute atomic E-state index is 4.73. The molecule has 0 aromatic heterocycles. The summed E-state index contributed by atoms with van der Waals surface area (Å²) in [5.74, 6) is 1.51. The van der Waals surface area contributed by atoms with Crippen molar-refractivity contribution in [3.05, 3.63) is 0 Å². The quantitative estimate of drug-likeness (QED) is 0.687. The van der Waals surface area contributed by atoms with Gasteiger partial charge in [-0.2, -0.15) is 0 Å². The van der Waals surface area contributed by atoms with Gasteiger partial charge >= 0.3 is 0 Å². The number of hydrogen-bond acceptors (Lipinski definition) is 2. The molecule has 1 aliphatic heterocycles. The Morgan fingerprint density at radius 1 is 0.588 bits per heavy atom. The van der Waals surface area contributed by atoms with Gasteiger partial charge in [-0.15, -0.1) is 0 Å². The maximum Gasteiger partial charge on any atom is 0.130 e. The summed E-state index contributed by atoms with van der Waals surface area (Å²) < 4.78 is 0. The third-order valence-electron chi connectivity index (χ3n) is 4.73. The van der Waals surface area contributed by atoms with Crippen molar-refractivity contribution in [1.29, 1.82) is 0 Å². The molecular formula is C15H24N2. The summed E-state index contributed by atoms with van der Waals surface area (Å²) >= 11 is 0. The Balaban J connectivity index is 1.69. The second-order valence-corrected chi connectivity index (χ2v) is 5.90. The van der Waals surface area contributed by atoms with E-state index in [1.807, 2.05) is 0 Å². The summed E-state index contributed by atoms with van der Waals surface area (Å²) in [7, 11) is 0. The van der Waals surface area contributed by atoms with Gasteiger partial charge in [-0.1, -0.05) is 38.5 Å². The highest BCUT2D eigenvalue weighted by Crippen LogP contribution is 2.32. The molecule has 0 unspecified atom stereocenters. The van der Waals surface area contributed by atoms with E-state index in [-0.39, 0.29) is 0 Å². The number of hydrogen-bond donors (Lipinski definition) is 0. The molecule has 3 rings (SSSR count). The zero-order valence-electron chi connectivity index (χ0n) is 10.8. The van der Waals surface area contributed by atoms with Crippen molar-refractivity contribution in [2.45, 2.75) is 64.2 Å². The summed E-state index contributed by atoms with van der Waals surface area (Å²) in [6.45, 7) is 0.734. The van der Waals surface area contributed by atoms with Crippen LogP contribution in [0.5, 0.6) is 0 Å². The Labute approximate surface area is 105 Å². The van der Waals surface area contributed by atoms with Crippen molar-refractivity contribution >= 4 is 11.4 Å². The van der Waals surface area contributed by atoms with Crippen LogP contribution in [0.4, 0.5) is 0 Å². The fourth-order valence-electron chi connectivity index (χ4n) is 3.78. The van der Waals surface area contributed by atoms with E-state index in [0.717, 1.165) is 18.5 Å². The molecule has 0 bridgehead atoms. The Morgan fingerprint density at radius 3 is 1.41 bits per heavy atom. The van der Waals surface area contributed by atoms with Crippen LogP contribution in [0.15, 0.2) is 9.98 Å². The van der Waals surface area contributed by atoms with E-state index in [9.17, 15) is 0 Å². The van der Waals surface area contributed by atoms with Crippen LogP contribution in [-0.4, -0.2) is 18.1 Å². The van der Waals surface area contributed by atoms with Gasteiger partial charge in [-0.25, -0.2) is 0 Å². The van der Waals surface area contributed by atoms with Crippen molar-refractivity contribution in [3.8, 4) is 0 Å². The van der Waals surface area contributed by atoms with Gasteiger partial charge in [0.25, 0.3) is 0 Å². The zero-order chi connectivity index (χ0) is 11.5. The highest BCUT2D eigenvalue weighted by Gasteiger charge is 2.30. The van der Waals surface area contributed by atoms with Gasteiger partial charge < -0.3 is 0 Å². The van der Waals surface area contributed by atoms with Gasteiger partial charge in [0.05, 0.1) is 11.4 Å². The molecule has 0 aromatic carbocycles. The molecule has 0 saturated heterocycles. The normalized spacial score (nSPS) is 28.0. The fraction of sp³-hybridized carbons (Fsp3) is 0.867. The molecule has 0 radical (unpaired) electrons. The molecule has 2 heteroatoms. The van der Waals surface area contributed by atoms with Crippen molar-refractivity contribution in [3.63, 3.8) is 0 Å². The molecular weight excluding hydrogens is 208 g/mol. The standard InChI is InChI=1S/C15H24N2/c1-3-7-12(8-4-1)14-15(17-11-16-14)13-9-5-2-6-10-13/h12-13H,1-11H2. The fourth-order valence-corrected chi connectivity index (χ4v) is 3.78. The van der Waals surface area contributed by atoms with E-state index < -0.39 is 0 Å². The summed E-state index contributed by atoms with van der Waals surface area (Å²) in [5.41, 5.74) is 2.85. The van der Waals surface area contributed by atoms with Crippen molar-refractivity contribution < 1.29 is 0 Å². The largest absolute Gasteiger partial charge is 0.264 e. The Kier molecular flexibility index (Phi) is 3.58. The summed E-state index contributed by atoms with van der Waals surface area (Å²) in [6.07, 6.45) is 13.9. The van der Waals surface area contributed by atoms with Crippen molar-refractivity contribution in [2.75, 3.05) is 6.67 Å². The van der Waals surface area contributed by atoms with Crippen molar-refractivity contribution in [2.24, 2.45) is 21.8 Å². The highest BCUT2D eigenvalue weighted by molar-refractivity contribution is 6.44. The van der Waals surface area contributed by atoms with Crippen LogP contribution in [0.25, 0.3) is 0 Å². The summed E-state index contributed by atoms with van der Waals surface area (Å²) in [5, 5.41) is 0. The lowest BCUT2D eigenvalue weighted by Gasteiger charge is -2.27. The van der Waals surface area contributed by atoms with Gasteiger partial charge in [-0.3, -0.25) is 9.98 Å². The lowest BCUT2D eigenvalue weighted by atomic mass is 9.78. The number of aliphatic imine (C=N–C) groups is 2. The van der Waals surface area contributed by atoms with E-state index in [2.05, 4.69) is 0 Å². The first-order valence-corrected chi connectivity index (χ1v) is 7.54. The van der Waals surface area contributed by atoms with E-state index in [1.165, 1.54) is 75.6 Å². The van der Waals surface area contributed by atoms with E-state index in [0.29, 0.717) is 0 Å². The second-order valence-electron chi connectivity index (χ2n) is 5.90. The molecule has 2 aliphatic carbocycles. The summed E-state index contributed by atoms with van der Waals surface area (Å²) in [4.78, 5) is 9.46. The lowest BCUT2D eigenvalue weighted by molar-refractivity contribution is 0.430. The van der Waals surface area contributed by atoms with Crippen LogP contribution in [0.3, 0.4) is 0 Å². The zero-order valence-corrected chi connectivity index (χ0v) is 10.8. The van der Waals surface area contributed by atoms with Crippen LogP contribution >= 0.6 is 0 Å². The van der Waals surface area contributed by atoms with Crippen LogP contribution in [0.1, 0.15) is 64.2 Å². The average Bonchev–Trinajstić information content (AvgIpc) is 2.90. The van der Waals surface area contributed by atoms with Gasteiger partial charge in [0.2, 0.25) is 0 Å². The van der Waals surface area contributed by atoms with Gasteiger partial charge in [0, 0.05) is 11.8 Å². The highest BCUT2D eigenvalue weighted by atomic mass is 15.0. The minimum atomic E-state index is 0.734. The van der Waals surface area contributed by atoms with E-state index >= 15 is 0 Å². The van der Waals surface area contributed by atoms with Gasteiger partial charge in [0.1, 0.15) is 6.67 Å². The van der Waals surface area contributed by atoms with Gasteiger partial charge in [-0.05, 0) is 25.7 Å². The first kappa shape index (κ1) is 11.4. The predicted octanol–water partition coefficient (Wildman–Crippen LogP) is 4.00. The molecule has 94 valence electrons. The first-order chi connectivity index (χ1) is 8.45. The van der Waals surface area contributed by atoms with E-state index in [4.69, 9.17) is 9.98 Å². The minimum absolute atomic E-state index is 0.734. The molecule has 2 nitrogen and oxygen atoms in total. The topological polar surface area (TPSA) is 24.7 Å². The third kappa shape index (κ3) is 2.46. The maximum atomic E-state index is 4.73. The second kappa shape index (κ2) is 5.32. The monoisotopic (exact) mass is 232 g/mol. The molecule has 1 heterocycles. The van der Waals surface area contributed by atoms with Crippen LogP contribution < -0.4 is 0 Å². The predicted molar refractivity (Wildman–Crippen MR) is 72.9 cm³/mol. The Bertz CT molecular complexity index is 286. The molecule has 0 N–H and O–H groups in total. The molecule has 0 aromatic rings. The van der Waals surface area contributed by atoms with Gasteiger partial charge in [0.15, 0.2) is 0 Å². The Morgan fingerprint density at radius 2 is 1.00 bits per heavy atom. The third-order valence-corrected chi connectivity index (χ3v) is 4.73. The molecule has 0 spiro atoms. The van der Waals surface area contributed by atoms with Crippen molar-refractivity contribution in [1.82, 2.24) is 0 Å². The van der Waals surface area contributed by atoms with Crippen LogP contribution in [0.2, 0.25) is 0 Å². The molecule has 0 amide bonds. The molecule has 0 atom stereocenters. The SMILES string of the molecule is C1CCC(C2=NCN=C2C2CCCCC2)CC1. The minimum Gasteiger partial charge on any atom is -0.264 e. The summed E-state index contributed by atoms with van der Waals surface area (Å²) in [6, 6.07) is 0. The number of rotatable bonds is 2. The van der Waals surface area contributed by atoms with Crippen LogP contribution in [-0.2, 0) is 0 Å². The van der Waals surface area contributed by atoms with Crippen LogP contribution in [0, 0.1) is 11.8 Å². The molecule has 2 fully saturated rings. The molecule has 3 aliphatic rings. The Hall–Kier alpha value is -0.660.